The summed E-state index contributed by atoms with van der Waals surface area (Å²) in [6, 6.07) is 25.7. The SMILES string of the molecule is COc1ccc(C2=C(NC(=O)c3ccc(OC)cc3-c3cccc(OC)c3)C(=O)c3ccccc3C2=O)cc1. The average molecular weight is 520 g/mol. The molecular weight excluding hydrogens is 494 g/mol. The first-order valence-electron chi connectivity index (χ1n) is 12.2. The van der Waals surface area contributed by atoms with Crippen molar-refractivity contribution in [2.24, 2.45) is 0 Å². The molecule has 1 aliphatic rings. The van der Waals surface area contributed by atoms with Crippen LogP contribution >= 0.6 is 0 Å². The van der Waals surface area contributed by atoms with Crippen LogP contribution in [0.15, 0.2) is 96.7 Å². The molecule has 0 saturated heterocycles. The smallest absolute Gasteiger partial charge is 0.256 e. The lowest BCUT2D eigenvalue weighted by Crippen LogP contribution is -2.34. The van der Waals surface area contributed by atoms with Gasteiger partial charge >= 0.3 is 0 Å². The monoisotopic (exact) mass is 519 g/mol. The molecule has 194 valence electrons. The van der Waals surface area contributed by atoms with Gasteiger partial charge in [-0.1, -0.05) is 48.5 Å². The van der Waals surface area contributed by atoms with Gasteiger partial charge in [-0.3, -0.25) is 14.4 Å². The fraction of sp³-hybridized carbons (Fsp3) is 0.0938. The highest BCUT2D eigenvalue weighted by molar-refractivity contribution is 6.41. The number of allylic oxidation sites excluding steroid dienone is 2. The average Bonchev–Trinajstić information content (AvgIpc) is 2.99. The minimum Gasteiger partial charge on any atom is -0.497 e. The van der Waals surface area contributed by atoms with Crippen LogP contribution in [0, 0.1) is 0 Å². The summed E-state index contributed by atoms with van der Waals surface area (Å²) in [6.45, 7) is 0. The molecule has 0 heterocycles. The number of rotatable bonds is 7. The second-order valence-corrected chi connectivity index (χ2v) is 8.78. The molecular formula is C32H25NO6. The second-order valence-electron chi connectivity index (χ2n) is 8.78. The number of carbonyl (C=O) groups is 3. The number of amides is 1. The third kappa shape index (κ3) is 4.78. The molecule has 1 aliphatic carbocycles. The molecule has 4 aromatic rings. The molecule has 1 amide bonds. The molecule has 0 saturated carbocycles. The Morgan fingerprint density at radius 2 is 1.21 bits per heavy atom. The highest BCUT2D eigenvalue weighted by atomic mass is 16.5. The quantitative estimate of drug-likeness (QED) is 0.342. The molecule has 0 aromatic heterocycles. The molecule has 4 aromatic carbocycles. The van der Waals surface area contributed by atoms with Crippen LogP contribution in [0.5, 0.6) is 17.2 Å². The van der Waals surface area contributed by atoms with Crippen LogP contribution in [0.2, 0.25) is 0 Å². The first kappa shape index (κ1) is 25.5. The van der Waals surface area contributed by atoms with Gasteiger partial charge < -0.3 is 19.5 Å². The first-order chi connectivity index (χ1) is 18.9. The van der Waals surface area contributed by atoms with E-state index in [2.05, 4.69) is 5.32 Å². The van der Waals surface area contributed by atoms with Gasteiger partial charge in [-0.2, -0.15) is 0 Å². The van der Waals surface area contributed by atoms with E-state index < -0.39 is 11.7 Å². The number of ether oxygens (including phenoxy) is 3. The lowest BCUT2D eigenvalue weighted by atomic mass is 9.84. The van der Waals surface area contributed by atoms with E-state index in [0.29, 0.717) is 33.9 Å². The van der Waals surface area contributed by atoms with Crippen LogP contribution in [-0.4, -0.2) is 38.8 Å². The van der Waals surface area contributed by atoms with Gasteiger partial charge in [0.2, 0.25) is 5.78 Å². The van der Waals surface area contributed by atoms with Crippen molar-refractivity contribution in [1.82, 2.24) is 5.32 Å². The second kappa shape index (κ2) is 10.7. The summed E-state index contributed by atoms with van der Waals surface area (Å²) in [7, 11) is 4.65. The summed E-state index contributed by atoms with van der Waals surface area (Å²) in [5.41, 5.74) is 2.64. The van der Waals surface area contributed by atoms with E-state index in [1.54, 1.807) is 100 Å². The van der Waals surface area contributed by atoms with Crippen LogP contribution in [0.4, 0.5) is 0 Å². The Labute approximate surface area is 225 Å². The largest absolute Gasteiger partial charge is 0.497 e. The van der Waals surface area contributed by atoms with Crippen molar-refractivity contribution in [1.29, 1.82) is 0 Å². The summed E-state index contributed by atoms with van der Waals surface area (Å²) in [5.74, 6) is 0.434. The van der Waals surface area contributed by atoms with Gasteiger partial charge in [0, 0.05) is 16.7 Å². The summed E-state index contributed by atoms with van der Waals surface area (Å²) in [6.07, 6.45) is 0. The summed E-state index contributed by atoms with van der Waals surface area (Å²) < 4.78 is 16.0. The Morgan fingerprint density at radius 1 is 0.590 bits per heavy atom. The van der Waals surface area contributed by atoms with E-state index in [-0.39, 0.29) is 28.2 Å². The Balaban J connectivity index is 1.63. The number of Topliss-reactive ketones (excluding diaryl/α,β-unsaturated/α-hetero) is 2. The van der Waals surface area contributed by atoms with E-state index in [4.69, 9.17) is 14.2 Å². The molecule has 0 bridgehead atoms. The van der Waals surface area contributed by atoms with Gasteiger partial charge in [-0.15, -0.1) is 0 Å². The molecule has 0 aliphatic heterocycles. The molecule has 0 radical (unpaired) electrons. The van der Waals surface area contributed by atoms with Gasteiger partial charge in [-0.05, 0) is 59.2 Å². The normalized spacial score (nSPS) is 12.6. The molecule has 5 rings (SSSR count). The van der Waals surface area contributed by atoms with Crippen LogP contribution in [0.25, 0.3) is 16.7 Å². The van der Waals surface area contributed by atoms with Crippen molar-refractivity contribution in [3.05, 3.63) is 119 Å². The number of hydrogen-bond acceptors (Lipinski definition) is 6. The fourth-order valence-electron chi connectivity index (χ4n) is 4.59. The topological polar surface area (TPSA) is 90.9 Å². The summed E-state index contributed by atoms with van der Waals surface area (Å²) in [4.78, 5) is 41.2. The highest BCUT2D eigenvalue weighted by Gasteiger charge is 2.34. The van der Waals surface area contributed by atoms with Gasteiger partial charge in [0.25, 0.3) is 5.91 Å². The maximum absolute atomic E-state index is 13.8. The lowest BCUT2D eigenvalue weighted by molar-refractivity contribution is 0.0927. The molecule has 7 heteroatoms. The van der Waals surface area contributed by atoms with E-state index in [0.717, 1.165) is 5.56 Å². The summed E-state index contributed by atoms with van der Waals surface area (Å²) >= 11 is 0. The first-order valence-corrected chi connectivity index (χ1v) is 12.2. The van der Waals surface area contributed by atoms with Gasteiger partial charge in [0.1, 0.15) is 22.9 Å². The Hall–Kier alpha value is -5.17. The molecule has 0 spiro atoms. The van der Waals surface area contributed by atoms with Crippen molar-refractivity contribution in [2.75, 3.05) is 21.3 Å². The standard InChI is InChI=1S/C32H25NO6/c1-37-21-13-11-19(12-14-21)28-29(31(35)25-10-5-4-9-24(25)30(28)34)33-32(36)26-16-15-23(39-3)18-27(26)20-7-6-8-22(17-20)38-2/h4-18H,1-3H3,(H,33,36). The number of carbonyl (C=O) groups excluding carboxylic acids is 3. The van der Waals surface area contributed by atoms with E-state index >= 15 is 0 Å². The number of methoxy groups -OCH3 is 3. The predicted octanol–water partition coefficient (Wildman–Crippen LogP) is 5.60. The number of benzene rings is 4. The van der Waals surface area contributed by atoms with Crippen LogP contribution in [0.1, 0.15) is 36.6 Å². The maximum Gasteiger partial charge on any atom is 0.256 e. The Bertz CT molecular complexity index is 1630. The van der Waals surface area contributed by atoms with Crippen LogP contribution < -0.4 is 19.5 Å². The molecule has 0 atom stereocenters. The zero-order chi connectivity index (χ0) is 27.5. The fourth-order valence-corrected chi connectivity index (χ4v) is 4.59. The van der Waals surface area contributed by atoms with Crippen molar-refractivity contribution in [3.8, 4) is 28.4 Å². The van der Waals surface area contributed by atoms with Gasteiger partial charge in [0.15, 0.2) is 5.78 Å². The number of hydrogen-bond donors (Lipinski definition) is 1. The number of fused-ring (bicyclic) bond motifs is 1. The van der Waals surface area contributed by atoms with Gasteiger partial charge in [0.05, 0.1) is 26.9 Å². The van der Waals surface area contributed by atoms with Crippen LogP contribution in [-0.2, 0) is 0 Å². The Kier molecular flexibility index (Phi) is 6.97. The Morgan fingerprint density at radius 3 is 1.87 bits per heavy atom. The highest BCUT2D eigenvalue weighted by Crippen LogP contribution is 2.34. The predicted molar refractivity (Wildman–Crippen MR) is 147 cm³/mol. The lowest BCUT2D eigenvalue weighted by Gasteiger charge is -2.22. The van der Waals surface area contributed by atoms with E-state index in [1.807, 2.05) is 12.1 Å². The van der Waals surface area contributed by atoms with Crippen molar-refractivity contribution < 1.29 is 28.6 Å². The summed E-state index contributed by atoms with van der Waals surface area (Å²) in [5, 5.41) is 2.78. The minimum atomic E-state index is -0.544. The molecule has 39 heavy (non-hydrogen) atoms. The van der Waals surface area contributed by atoms with Crippen molar-refractivity contribution in [2.45, 2.75) is 0 Å². The molecule has 0 unspecified atom stereocenters. The maximum atomic E-state index is 13.8. The third-order valence-electron chi connectivity index (χ3n) is 6.59. The number of nitrogens with one attached hydrogen (secondary N) is 1. The van der Waals surface area contributed by atoms with Crippen molar-refractivity contribution >= 4 is 23.0 Å². The van der Waals surface area contributed by atoms with E-state index in [9.17, 15) is 14.4 Å². The van der Waals surface area contributed by atoms with Crippen molar-refractivity contribution in [3.63, 3.8) is 0 Å². The van der Waals surface area contributed by atoms with E-state index in [1.165, 1.54) is 0 Å². The number of ketones is 2. The minimum absolute atomic E-state index is 0.0822. The van der Waals surface area contributed by atoms with Gasteiger partial charge in [-0.25, -0.2) is 0 Å². The molecule has 7 nitrogen and oxygen atoms in total. The molecule has 0 fully saturated rings. The zero-order valence-corrected chi connectivity index (χ0v) is 21.6. The van der Waals surface area contributed by atoms with Crippen LogP contribution in [0.3, 0.4) is 0 Å². The molecule has 1 N–H and O–H groups in total. The zero-order valence-electron chi connectivity index (χ0n) is 21.6. The third-order valence-corrected chi connectivity index (χ3v) is 6.59.